The molecule has 2 N–H and O–H groups in total. The van der Waals surface area contributed by atoms with Crippen LogP contribution in [-0.2, 0) is 0 Å². The van der Waals surface area contributed by atoms with Gasteiger partial charge in [0.1, 0.15) is 5.82 Å². The zero-order valence-corrected chi connectivity index (χ0v) is 10.4. The van der Waals surface area contributed by atoms with Crippen LogP contribution >= 0.6 is 0 Å². The monoisotopic (exact) mass is 286 g/mol. The number of amides is 1. The minimum absolute atomic E-state index is 0.102. The maximum absolute atomic E-state index is 13.7. The lowest BCUT2D eigenvalue weighted by Gasteiger charge is -2.36. The maximum Gasteiger partial charge on any atom is 0.308 e. The van der Waals surface area contributed by atoms with E-state index in [2.05, 4.69) is 5.32 Å². The van der Waals surface area contributed by atoms with Gasteiger partial charge in [-0.25, -0.2) is 4.39 Å². The molecule has 0 unspecified atom stereocenters. The fourth-order valence-electron chi connectivity index (χ4n) is 1.97. The second kappa shape index (κ2) is 5.12. The molecular formula is C12H12F2N2O4. The van der Waals surface area contributed by atoms with Crippen molar-refractivity contribution in [2.75, 3.05) is 6.54 Å². The highest BCUT2D eigenvalue weighted by Crippen LogP contribution is 2.30. The standard InChI is InChI=1S/C12H12F2N2O4/c13-7-4-8(10(14)9(5-7)16(19)20)11(17)15-6-12(18)2-1-3-12/h4-5,18H,1-3,6H2,(H,15,17). The number of benzene rings is 1. The Morgan fingerprint density at radius 1 is 1.45 bits per heavy atom. The second-order valence-corrected chi connectivity index (χ2v) is 4.80. The molecule has 1 fully saturated rings. The van der Waals surface area contributed by atoms with E-state index >= 15 is 0 Å². The number of carbonyl (C=O) groups is 1. The van der Waals surface area contributed by atoms with Gasteiger partial charge in [0, 0.05) is 6.54 Å². The number of nitro groups is 1. The van der Waals surface area contributed by atoms with E-state index in [0.717, 1.165) is 6.42 Å². The summed E-state index contributed by atoms with van der Waals surface area (Å²) in [5.74, 6) is -3.47. The Hall–Kier alpha value is -2.09. The van der Waals surface area contributed by atoms with Gasteiger partial charge in [0.2, 0.25) is 5.82 Å². The number of nitrogens with zero attached hydrogens (tertiary/aromatic N) is 1. The Labute approximate surface area is 112 Å². The summed E-state index contributed by atoms with van der Waals surface area (Å²) in [5, 5.41) is 22.6. The van der Waals surface area contributed by atoms with E-state index in [1.165, 1.54) is 0 Å². The first-order valence-electron chi connectivity index (χ1n) is 5.96. The van der Waals surface area contributed by atoms with Crippen LogP contribution in [0.25, 0.3) is 0 Å². The number of nitro benzene ring substituents is 1. The lowest BCUT2D eigenvalue weighted by Crippen LogP contribution is -2.47. The number of carbonyl (C=O) groups excluding carboxylic acids is 1. The third kappa shape index (κ3) is 2.74. The highest BCUT2D eigenvalue weighted by Gasteiger charge is 2.35. The number of nitrogens with one attached hydrogen (secondary N) is 1. The molecule has 1 aromatic rings. The topological polar surface area (TPSA) is 92.5 Å². The van der Waals surface area contributed by atoms with Crippen LogP contribution in [0.3, 0.4) is 0 Å². The first kappa shape index (κ1) is 14.3. The van der Waals surface area contributed by atoms with Crippen molar-refractivity contribution >= 4 is 11.6 Å². The molecule has 2 rings (SSSR count). The quantitative estimate of drug-likeness (QED) is 0.648. The molecule has 0 bridgehead atoms. The fourth-order valence-corrected chi connectivity index (χ4v) is 1.97. The van der Waals surface area contributed by atoms with E-state index in [4.69, 9.17) is 0 Å². The lowest BCUT2D eigenvalue weighted by molar-refractivity contribution is -0.387. The zero-order chi connectivity index (χ0) is 14.9. The normalized spacial score (nSPS) is 16.4. The molecule has 20 heavy (non-hydrogen) atoms. The van der Waals surface area contributed by atoms with Crippen LogP contribution in [0.5, 0.6) is 0 Å². The van der Waals surface area contributed by atoms with Crippen LogP contribution < -0.4 is 5.32 Å². The van der Waals surface area contributed by atoms with Crippen molar-refractivity contribution in [3.63, 3.8) is 0 Å². The highest BCUT2D eigenvalue weighted by molar-refractivity contribution is 5.95. The van der Waals surface area contributed by atoms with Crippen molar-refractivity contribution in [3.8, 4) is 0 Å². The highest BCUT2D eigenvalue weighted by atomic mass is 19.1. The summed E-state index contributed by atoms with van der Waals surface area (Å²) in [4.78, 5) is 21.2. The molecule has 0 atom stereocenters. The van der Waals surface area contributed by atoms with E-state index in [1.807, 2.05) is 0 Å². The van der Waals surface area contributed by atoms with Gasteiger partial charge in [-0.2, -0.15) is 4.39 Å². The number of hydrogen-bond acceptors (Lipinski definition) is 4. The Morgan fingerprint density at radius 3 is 2.60 bits per heavy atom. The molecule has 0 aliphatic heterocycles. The first-order valence-corrected chi connectivity index (χ1v) is 5.96. The largest absolute Gasteiger partial charge is 0.388 e. The summed E-state index contributed by atoms with van der Waals surface area (Å²) in [6.07, 6.45) is 1.85. The second-order valence-electron chi connectivity index (χ2n) is 4.80. The van der Waals surface area contributed by atoms with Gasteiger partial charge >= 0.3 is 5.69 Å². The molecular weight excluding hydrogens is 274 g/mol. The van der Waals surface area contributed by atoms with Crippen LogP contribution in [0.4, 0.5) is 14.5 Å². The number of rotatable bonds is 4. The first-order chi connectivity index (χ1) is 9.32. The summed E-state index contributed by atoms with van der Waals surface area (Å²) in [7, 11) is 0. The molecule has 1 saturated carbocycles. The molecule has 1 aromatic carbocycles. The molecule has 1 aliphatic carbocycles. The molecule has 8 heteroatoms. The molecule has 0 spiro atoms. The summed E-state index contributed by atoms with van der Waals surface area (Å²) in [6.45, 7) is -0.102. The molecule has 108 valence electrons. The van der Waals surface area contributed by atoms with E-state index in [9.17, 15) is 28.8 Å². The van der Waals surface area contributed by atoms with Gasteiger partial charge in [0.15, 0.2) is 0 Å². The van der Waals surface area contributed by atoms with Crippen molar-refractivity contribution in [2.24, 2.45) is 0 Å². The third-order valence-corrected chi connectivity index (χ3v) is 3.32. The smallest absolute Gasteiger partial charge is 0.308 e. The molecule has 1 amide bonds. The maximum atomic E-state index is 13.7. The third-order valence-electron chi connectivity index (χ3n) is 3.32. The fraction of sp³-hybridized carbons (Fsp3) is 0.417. The van der Waals surface area contributed by atoms with Crippen LogP contribution in [0.15, 0.2) is 12.1 Å². The van der Waals surface area contributed by atoms with Crippen LogP contribution in [0, 0.1) is 21.7 Å². The van der Waals surface area contributed by atoms with Gasteiger partial charge < -0.3 is 10.4 Å². The SMILES string of the molecule is O=C(NCC1(O)CCC1)c1cc(F)cc([N+](=O)[O-])c1F. The molecule has 0 aromatic heterocycles. The Balaban J connectivity index is 2.19. The molecule has 0 saturated heterocycles. The summed E-state index contributed by atoms with van der Waals surface area (Å²) < 4.78 is 26.9. The van der Waals surface area contributed by atoms with Gasteiger partial charge in [0.05, 0.1) is 22.2 Å². The van der Waals surface area contributed by atoms with Crippen molar-refractivity contribution in [1.82, 2.24) is 5.32 Å². The Morgan fingerprint density at radius 2 is 2.10 bits per heavy atom. The van der Waals surface area contributed by atoms with Crippen molar-refractivity contribution < 1.29 is 23.6 Å². The Bertz CT molecular complexity index is 573. The average molecular weight is 286 g/mol. The average Bonchev–Trinajstić information content (AvgIpc) is 2.35. The lowest BCUT2D eigenvalue weighted by atomic mass is 9.80. The minimum Gasteiger partial charge on any atom is -0.388 e. The predicted octanol–water partition coefficient (Wildman–Crippen LogP) is 1.52. The van der Waals surface area contributed by atoms with E-state index in [0.29, 0.717) is 25.0 Å². The van der Waals surface area contributed by atoms with Gasteiger partial charge in [-0.3, -0.25) is 14.9 Å². The minimum atomic E-state index is -1.39. The van der Waals surface area contributed by atoms with Gasteiger partial charge in [-0.1, -0.05) is 0 Å². The van der Waals surface area contributed by atoms with Crippen LogP contribution in [0.1, 0.15) is 29.6 Å². The van der Waals surface area contributed by atoms with Gasteiger partial charge in [-0.15, -0.1) is 0 Å². The number of hydrogen-bond donors (Lipinski definition) is 2. The van der Waals surface area contributed by atoms with E-state index < -0.39 is 39.3 Å². The predicted molar refractivity (Wildman–Crippen MR) is 64.1 cm³/mol. The van der Waals surface area contributed by atoms with Gasteiger partial charge in [-0.05, 0) is 25.3 Å². The van der Waals surface area contributed by atoms with Crippen molar-refractivity contribution in [2.45, 2.75) is 24.9 Å². The Kier molecular flexibility index (Phi) is 3.67. The zero-order valence-electron chi connectivity index (χ0n) is 10.4. The number of halogens is 2. The van der Waals surface area contributed by atoms with Crippen molar-refractivity contribution in [3.05, 3.63) is 39.4 Å². The van der Waals surface area contributed by atoms with Crippen LogP contribution in [-0.4, -0.2) is 28.1 Å². The summed E-state index contributed by atoms with van der Waals surface area (Å²) in [5.41, 5.74) is -2.87. The summed E-state index contributed by atoms with van der Waals surface area (Å²) in [6, 6.07) is 0.994. The molecule has 1 aliphatic rings. The van der Waals surface area contributed by atoms with E-state index in [1.54, 1.807) is 0 Å². The van der Waals surface area contributed by atoms with Crippen molar-refractivity contribution in [1.29, 1.82) is 0 Å². The molecule has 6 nitrogen and oxygen atoms in total. The van der Waals surface area contributed by atoms with E-state index in [-0.39, 0.29) is 6.54 Å². The number of aliphatic hydroxyl groups is 1. The van der Waals surface area contributed by atoms with Gasteiger partial charge in [0.25, 0.3) is 5.91 Å². The molecule has 0 radical (unpaired) electrons. The summed E-state index contributed by atoms with van der Waals surface area (Å²) >= 11 is 0. The van der Waals surface area contributed by atoms with Crippen LogP contribution in [0.2, 0.25) is 0 Å². The molecule has 0 heterocycles.